The minimum Gasteiger partial charge on any atom is -0.468 e. The summed E-state index contributed by atoms with van der Waals surface area (Å²) in [7, 11) is 2.32. The molecule has 0 aromatic carbocycles. The maximum atomic E-state index is 11.2. The van der Waals surface area contributed by atoms with Crippen LogP contribution in [-0.2, 0) is 19.1 Å². The van der Waals surface area contributed by atoms with Crippen LogP contribution in [0.1, 0.15) is 13.8 Å². The van der Waals surface area contributed by atoms with Gasteiger partial charge in [0.15, 0.2) is 5.92 Å². The fourth-order valence-corrected chi connectivity index (χ4v) is 0.986. The van der Waals surface area contributed by atoms with Gasteiger partial charge in [0, 0.05) is 0 Å². The molecule has 0 heterocycles. The van der Waals surface area contributed by atoms with Gasteiger partial charge in [-0.2, -0.15) is 5.26 Å². The fourth-order valence-electron chi connectivity index (χ4n) is 0.986. The first kappa shape index (κ1) is 12.4. The van der Waals surface area contributed by atoms with Crippen LogP contribution in [0.3, 0.4) is 0 Å². The Labute approximate surface area is 82.6 Å². The Balaban J connectivity index is 5.03. The summed E-state index contributed by atoms with van der Waals surface area (Å²) in [6.45, 7) is 2.96. The largest absolute Gasteiger partial charge is 0.468 e. The standard InChI is InChI=1S/C9H13NO4/c1-9(2,5-10)6(7(11)13-3)8(12)14-4/h6H,1-4H3. The monoisotopic (exact) mass is 199 g/mol. The van der Waals surface area contributed by atoms with Crippen LogP contribution in [0.15, 0.2) is 0 Å². The van der Waals surface area contributed by atoms with Gasteiger partial charge in [0.05, 0.1) is 25.7 Å². The molecule has 0 saturated heterocycles. The molecule has 0 unspecified atom stereocenters. The highest BCUT2D eigenvalue weighted by molar-refractivity contribution is 5.96. The second-order valence-electron chi connectivity index (χ2n) is 3.31. The van der Waals surface area contributed by atoms with Crippen LogP contribution in [0.5, 0.6) is 0 Å². The second kappa shape index (κ2) is 4.61. The maximum absolute atomic E-state index is 11.2. The molecule has 0 aliphatic carbocycles. The zero-order valence-corrected chi connectivity index (χ0v) is 8.66. The van der Waals surface area contributed by atoms with E-state index in [2.05, 4.69) is 9.47 Å². The van der Waals surface area contributed by atoms with E-state index in [1.807, 2.05) is 6.07 Å². The van der Waals surface area contributed by atoms with Crippen LogP contribution in [0, 0.1) is 22.7 Å². The molecule has 14 heavy (non-hydrogen) atoms. The lowest BCUT2D eigenvalue weighted by atomic mass is 9.80. The second-order valence-corrected chi connectivity index (χ2v) is 3.31. The molecule has 0 aromatic heterocycles. The van der Waals surface area contributed by atoms with Crippen LogP contribution >= 0.6 is 0 Å². The van der Waals surface area contributed by atoms with E-state index in [0.29, 0.717) is 0 Å². The van der Waals surface area contributed by atoms with Crippen molar-refractivity contribution in [2.45, 2.75) is 13.8 Å². The number of carbonyl (C=O) groups is 2. The van der Waals surface area contributed by atoms with Gasteiger partial charge >= 0.3 is 11.9 Å². The molecule has 0 bridgehead atoms. The first-order chi connectivity index (χ1) is 6.40. The normalized spacial score (nSPS) is 10.6. The molecule has 0 fully saturated rings. The minimum absolute atomic E-state index is 0.761. The van der Waals surface area contributed by atoms with E-state index in [9.17, 15) is 9.59 Å². The number of nitriles is 1. The van der Waals surface area contributed by atoms with Gasteiger partial charge in [-0.3, -0.25) is 9.59 Å². The van der Waals surface area contributed by atoms with Gasteiger partial charge in [-0.15, -0.1) is 0 Å². The van der Waals surface area contributed by atoms with Gasteiger partial charge in [0.2, 0.25) is 0 Å². The Hall–Kier alpha value is -1.57. The summed E-state index contributed by atoms with van der Waals surface area (Å²) in [6, 6.07) is 1.87. The van der Waals surface area contributed by atoms with E-state index in [1.54, 1.807) is 0 Å². The third-order valence-electron chi connectivity index (χ3n) is 1.88. The molecule has 0 saturated carbocycles. The lowest BCUT2D eigenvalue weighted by Gasteiger charge is -2.22. The van der Waals surface area contributed by atoms with Crippen LogP contribution in [-0.4, -0.2) is 26.2 Å². The molecule has 0 N–H and O–H groups in total. The lowest BCUT2D eigenvalue weighted by molar-refractivity contribution is -0.162. The Morgan fingerprint density at radius 3 is 1.79 bits per heavy atom. The minimum atomic E-state index is -1.21. The van der Waals surface area contributed by atoms with Crippen LogP contribution < -0.4 is 0 Å². The highest BCUT2D eigenvalue weighted by Gasteiger charge is 2.43. The molecule has 0 atom stereocenters. The molecule has 0 aromatic rings. The number of ether oxygens (including phenoxy) is 2. The average Bonchev–Trinajstić information content (AvgIpc) is 2.17. The lowest BCUT2D eigenvalue weighted by Crippen LogP contribution is -2.38. The molecule has 0 spiro atoms. The van der Waals surface area contributed by atoms with E-state index in [-0.39, 0.29) is 0 Å². The van der Waals surface area contributed by atoms with Gasteiger partial charge in [0.25, 0.3) is 0 Å². The molecule has 5 heteroatoms. The molecule has 0 rings (SSSR count). The van der Waals surface area contributed by atoms with Crippen molar-refractivity contribution in [3.8, 4) is 6.07 Å². The van der Waals surface area contributed by atoms with Crippen molar-refractivity contribution in [1.29, 1.82) is 5.26 Å². The van der Waals surface area contributed by atoms with Crippen molar-refractivity contribution < 1.29 is 19.1 Å². The quantitative estimate of drug-likeness (QED) is 0.488. The third-order valence-corrected chi connectivity index (χ3v) is 1.88. The average molecular weight is 199 g/mol. The Morgan fingerprint density at radius 2 is 1.57 bits per heavy atom. The summed E-state index contributed by atoms with van der Waals surface area (Å²) >= 11 is 0. The smallest absolute Gasteiger partial charge is 0.321 e. The number of carbonyl (C=O) groups excluding carboxylic acids is 2. The number of hydrogen-bond acceptors (Lipinski definition) is 5. The summed E-state index contributed by atoms with van der Waals surface area (Å²) in [5.74, 6) is -2.73. The van der Waals surface area contributed by atoms with Crippen molar-refractivity contribution in [3.05, 3.63) is 0 Å². The molecule has 5 nitrogen and oxygen atoms in total. The molecule has 0 aliphatic rings. The van der Waals surface area contributed by atoms with Crippen LogP contribution in [0.2, 0.25) is 0 Å². The zero-order chi connectivity index (χ0) is 11.4. The van der Waals surface area contributed by atoms with Gasteiger partial charge in [0.1, 0.15) is 0 Å². The van der Waals surface area contributed by atoms with Gasteiger partial charge in [-0.1, -0.05) is 0 Å². The van der Waals surface area contributed by atoms with Crippen molar-refractivity contribution in [2.75, 3.05) is 14.2 Å². The first-order valence-electron chi connectivity index (χ1n) is 3.97. The summed E-state index contributed by atoms with van der Waals surface area (Å²) in [6.07, 6.45) is 0. The topological polar surface area (TPSA) is 76.4 Å². The Bertz CT molecular complexity index is 261. The van der Waals surface area contributed by atoms with Crippen LogP contribution in [0.25, 0.3) is 0 Å². The summed E-state index contributed by atoms with van der Waals surface area (Å²) in [5, 5.41) is 8.79. The summed E-state index contributed by atoms with van der Waals surface area (Å²) in [4.78, 5) is 22.5. The fraction of sp³-hybridized carbons (Fsp3) is 0.667. The van der Waals surface area contributed by atoms with E-state index in [1.165, 1.54) is 13.8 Å². The van der Waals surface area contributed by atoms with Crippen molar-refractivity contribution in [3.63, 3.8) is 0 Å². The maximum Gasteiger partial charge on any atom is 0.321 e. The highest BCUT2D eigenvalue weighted by Crippen LogP contribution is 2.27. The Kier molecular flexibility index (Phi) is 4.09. The Morgan fingerprint density at radius 1 is 1.21 bits per heavy atom. The predicted octanol–water partition coefficient (Wildman–Crippen LogP) is 0.498. The summed E-state index contributed by atoms with van der Waals surface area (Å²) < 4.78 is 8.87. The molecule has 78 valence electrons. The SMILES string of the molecule is COC(=O)C(C(=O)OC)C(C)(C)C#N. The van der Waals surface area contributed by atoms with E-state index < -0.39 is 23.3 Å². The van der Waals surface area contributed by atoms with Crippen molar-refractivity contribution in [1.82, 2.24) is 0 Å². The zero-order valence-electron chi connectivity index (χ0n) is 8.66. The molecular formula is C9H13NO4. The highest BCUT2D eigenvalue weighted by atomic mass is 16.5. The number of nitrogens with zero attached hydrogens (tertiary/aromatic N) is 1. The number of rotatable bonds is 3. The molecule has 0 radical (unpaired) electrons. The van der Waals surface area contributed by atoms with E-state index in [0.717, 1.165) is 14.2 Å². The van der Waals surface area contributed by atoms with Gasteiger partial charge < -0.3 is 9.47 Å². The van der Waals surface area contributed by atoms with E-state index in [4.69, 9.17) is 5.26 Å². The van der Waals surface area contributed by atoms with Crippen molar-refractivity contribution in [2.24, 2.45) is 11.3 Å². The predicted molar refractivity (Wildman–Crippen MR) is 46.9 cm³/mol. The first-order valence-corrected chi connectivity index (χ1v) is 3.97. The molecule has 0 aliphatic heterocycles. The third kappa shape index (κ3) is 2.46. The van der Waals surface area contributed by atoms with Crippen LogP contribution in [0.4, 0.5) is 0 Å². The van der Waals surface area contributed by atoms with E-state index >= 15 is 0 Å². The number of hydrogen-bond donors (Lipinski definition) is 0. The number of methoxy groups -OCH3 is 2. The number of esters is 2. The molecule has 0 amide bonds. The summed E-state index contributed by atoms with van der Waals surface area (Å²) in [5.41, 5.74) is -1.14. The van der Waals surface area contributed by atoms with Gasteiger partial charge in [-0.05, 0) is 13.8 Å². The van der Waals surface area contributed by atoms with Crippen molar-refractivity contribution >= 4 is 11.9 Å². The molecular weight excluding hydrogens is 186 g/mol. The van der Waals surface area contributed by atoms with Gasteiger partial charge in [-0.25, -0.2) is 0 Å².